The van der Waals surface area contributed by atoms with E-state index in [1.807, 2.05) is 0 Å². The summed E-state index contributed by atoms with van der Waals surface area (Å²) in [6.07, 6.45) is 6.68. The van der Waals surface area contributed by atoms with Crippen molar-refractivity contribution >= 4 is 0 Å². The van der Waals surface area contributed by atoms with E-state index in [-0.39, 0.29) is 5.60 Å². The summed E-state index contributed by atoms with van der Waals surface area (Å²) in [4.78, 5) is 0. The molecular weight excluding hydrogens is 196 g/mol. The van der Waals surface area contributed by atoms with Gasteiger partial charge in [0, 0.05) is 0 Å². The van der Waals surface area contributed by atoms with E-state index < -0.39 is 0 Å². The minimum absolute atomic E-state index is 0.143. The van der Waals surface area contributed by atoms with Crippen LogP contribution in [-0.4, -0.2) is 12.2 Å². The summed E-state index contributed by atoms with van der Waals surface area (Å²) in [6, 6.07) is 0. The van der Waals surface area contributed by atoms with Crippen LogP contribution in [0.25, 0.3) is 0 Å². The predicted octanol–water partition coefficient (Wildman–Crippen LogP) is 4.82. The largest absolute Gasteiger partial charge is 0.375 e. The van der Waals surface area contributed by atoms with Crippen molar-refractivity contribution in [1.82, 2.24) is 0 Å². The maximum atomic E-state index is 5.83. The summed E-state index contributed by atoms with van der Waals surface area (Å²) in [5, 5.41) is 0. The molecule has 96 valence electrons. The molecule has 0 aromatic carbocycles. The Balaban J connectivity index is 0.00000106. The van der Waals surface area contributed by atoms with E-state index in [1.54, 1.807) is 0 Å². The van der Waals surface area contributed by atoms with Gasteiger partial charge in [-0.1, -0.05) is 39.5 Å². The summed E-state index contributed by atoms with van der Waals surface area (Å²) in [6.45, 7) is 16.0. The molecule has 1 aliphatic rings. The maximum Gasteiger partial charge on any atom is 0.0630 e. The lowest BCUT2D eigenvalue weighted by molar-refractivity contribution is 0.0335. The lowest BCUT2D eigenvalue weighted by atomic mass is 9.81. The zero-order chi connectivity index (χ0) is 12.6. The molecule has 0 spiro atoms. The molecule has 0 radical (unpaired) electrons. The van der Waals surface area contributed by atoms with Crippen LogP contribution in [0.15, 0.2) is 13.2 Å². The fourth-order valence-corrected chi connectivity index (χ4v) is 2.74. The Hall–Kier alpha value is -0.300. The van der Waals surface area contributed by atoms with E-state index in [0.717, 1.165) is 18.4 Å². The van der Waals surface area contributed by atoms with Gasteiger partial charge in [-0.05, 0) is 32.1 Å². The molecule has 1 atom stereocenters. The van der Waals surface area contributed by atoms with Crippen molar-refractivity contribution < 1.29 is 4.74 Å². The van der Waals surface area contributed by atoms with Gasteiger partial charge < -0.3 is 4.74 Å². The van der Waals surface area contributed by atoms with Crippen molar-refractivity contribution in [2.24, 2.45) is 11.8 Å². The Labute approximate surface area is 102 Å². The molecule has 0 amide bonds. The number of rotatable bonds is 5. The van der Waals surface area contributed by atoms with E-state index in [4.69, 9.17) is 4.74 Å². The highest BCUT2D eigenvalue weighted by Crippen LogP contribution is 2.37. The molecule has 0 bridgehead atoms. The molecule has 16 heavy (non-hydrogen) atoms. The molecule has 1 heterocycles. The molecule has 1 aliphatic heterocycles. The zero-order valence-corrected chi connectivity index (χ0v) is 11.7. The van der Waals surface area contributed by atoms with Crippen LogP contribution in [0.4, 0.5) is 0 Å². The SMILES string of the molecule is C=C.CCCC(CCC)C1COC(C)(C)C1. The summed E-state index contributed by atoms with van der Waals surface area (Å²) < 4.78 is 5.83. The van der Waals surface area contributed by atoms with E-state index in [0.29, 0.717) is 0 Å². The van der Waals surface area contributed by atoms with Crippen LogP contribution in [0.2, 0.25) is 0 Å². The average Bonchev–Trinajstić information content (AvgIpc) is 2.61. The van der Waals surface area contributed by atoms with Gasteiger partial charge in [-0.15, -0.1) is 13.2 Å². The molecule has 0 aromatic heterocycles. The molecule has 1 heteroatoms. The Morgan fingerprint density at radius 2 is 1.69 bits per heavy atom. The highest BCUT2D eigenvalue weighted by molar-refractivity contribution is 4.84. The standard InChI is InChI=1S/C13H26O.C2H4/c1-5-7-11(8-6-2)12-9-13(3,4)14-10-12;1-2/h11-12H,5-10H2,1-4H3;1-2H2. The van der Waals surface area contributed by atoms with Crippen LogP contribution in [0.3, 0.4) is 0 Å². The Morgan fingerprint density at radius 1 is 1.19 bits per heavy atom. The summed E-state index contributed by atoms with van der Waals surface area (Å²) in [7, 11) is 0. The number of hydrogen-bond donors (Lipinski definition) is 0. The van der Waals surface area contributed by atoms with Gasteiger partial charge in [0.2, 0.25) is 0 Å². The highest BCUT2D eigenvalue weighted by Gasteiger charge is 2.35. The van der Waals surface area contributed by atoms with E-state index in [9.17, 15) is 0 Å². The van der Waals surface area contributed by atoms with Gasteiger partial charge >= 0.3 is 0 Å². The molecular formula is C15H30O. The van der Waals surface area contributed by atoms with Crippen LogP contribution in [0, 0.1) is 11.8 Å². The fraction of sp³-hybridized carbons (Fsp3) is 0.867. The summed E-state index contributed by atoms with van der Waals surface area (Å²) >= 11 is 0. The predicted molar refractivity (Wildman–Crippen MR) is 72.7 cm³/mol. The maximum absolute atomic E-state index is 5.83. The van der Waals surface area contributed by atoms with Crippen molar-refractivity contribution in [2.45, 2.75) is 65.4 Å². The Kier molecular flexibility index (Phi) is 7.74. The molecule has 1 fully saturated rings. The molecule has 1 rings (SSSR count). The average molecular weight is 226 g/mol. The first-order valence-corrected chi connectivity index (χ1v) is 6.73. The van der Waals surface area contributed by atoms with Gasteiger partial charge in [-0.25, -0.2) is 0 Å². The van der Waals surface area contributed by atoms with Gasteiger partial charge in [-0.3, -0.25) is 0 Å². The number of ether oxygens (including phenoxy) is 1. The van der Waals surface area contributed by atoms with Crippen LogP contribution in [0.5, 0.6) is 0 Å². The Morgan fingerprint density at radius 3 is 2.00 bits per heavy atom. The monoisotopic (exact) mass is 226 g/mol. The third-order valence-corrected chi connectivity index (χ3v) is 3.43. The topological polar surface area (TPSA) is 9.23 Å². The summed E-state index contributed by atoms with van der Waals surface area (Å²) in [5.41, 5.74) is 0.143. The molecule has 0 N–H and O–H groups in total. The lowest BCUT2D eigenvalue weighted by Gasteiger charge is -2.22. The molecule has 1 unspecified atom stereocenters. The van der Waals surface area contributed by atoms with Crippen molar-refractivity contribution in [2.75, 3.05) is 6.61 Å². The van der Waals surface area contributed by atoms with E-state index in [1.165, 1.54) is 32.1 Å². The smallest absolute Gasteiger partial charge is 0.0630 e. The highest BCUT2D eigenvalue weighted by atomic mass is 16.5. The van der Waals surface area contributed by atoms with E-state index >= 15 is 0 Å². The second-order valence-electron chi connectivity index (χ2n) is 5.37. The van der Waals surface area contributed by atoms with Crippen LogP contribution in [0.1, 0.15) is 59.8 Å². The first-order valence-electron chi connectivity index (χ1n) is 6.73. The van der Waals surface area contributed by atoms with Crippen LogP contribution >= 0.6 is 0 Å². The third kappa shape index (κ3) is 5.16. The lowest BCUT2D eigenvalue weighted by Crippen LogP contribution is -2.19. The quantitative estimate of drug-likeness (QED) is 0.611. The minimum atomic E-state index is 0.143. The molecule has 0 aromatic rings. The second kappa shape index (κ2) is 7.89. The number of hydrogen-bond acceptors (Lipinski definition) is 1. The molecule has 1 saturated heterocycles. The van der Waals surface area contributed by atoms with Crippen molar-refractivity contribution in [3.05, 3.63) is 13.2 Å². The van der Waals surface area contributed by atoms with E-state index in [2.05, 4.69) is 40.9 Å². The molecule has 0 aliphatic carbocycles. The van der Waals surface area contributed by atoms with Gasteiger partial charge in [0.1, 0.15) is 0 Å². The zero-order valence-electron chi connectivity index (χ0n) is 11.7. The van der Waals surface area contributed by atoms with Gasteiger partial charge in [-0.2, -0.15) is 0 Å². The second-order valence-corrected chi connectivity index (χ2v) is 5.37. The Bertz CT molecular complexity index is 168. The normalized spacial score (nSPS) is 22.9. The van der Waals surface area contributed by atoms with Crippen molar-refractivity contribution in [3.63, 3.8) is 0 Å². The molecule has 0 saturated carbocycles. The van der Waals surface area contributed by atoms with Crippen LogP contribution < -0.4 is 0 Å². The fourth-order valence-electron chi connectivity index (χ4n) is 2.74. The van der Waals surface area contributed by atoms with Crippen molar-refractivity contribution in [3.8, 4) is 0 Å². The summed E-state index contributed by atoms with van der Waals surface area (Å²) in [5.74, 6) is 1.73. The van der Waals surface area contributed by atoms with Gasteiger partial charge in [0.15, 0.2) is 0 Å². The first-order chi connectivity index (χ1) is 7.59. The van der Waals surface area contributed by atoms with Gasteiger partial charge in [0.25, 0.3) is 0 Å². The molecule has 1 nitrogen and oxygen atoms in total. The van der Waals surface area contributed by atoms with Crippen molar-refractivity contribution in [1.29, 1.82) is 0 Å². The van der Waals surface area contributed by atoms with Gasteiger partial charge in [0.05, 0.1) is 12.2 Å². The van der Waals surface area contributed by atoms with Crippen LogP contribution in [-0.2, 0) is 4.74 Å². The third-order valence-electron chi connectivity index (χ3n) is 3.43. The first kappa shape index (κ1) is 15.7. The minimum Gasteiger partial charge on any atom is -0.375 e.